The van der Waals surface area contributed by atoms with Crippen LogP contribution in [0.5, 0.6) is 0 Å². The van der Waals surface area contributed by atoms with Crippen molar-refractivity contribution in [1.29, 1.82) is 0 Å². The summed E-state index contributed by atoms with van der Waals surface area (Å²) in [5, 5.41) is 3.32. The summed E-state index contributed by atoms with van der Waals surface area (Å²) < 4.78 is 76.4. The molecule has 4 aliphatic rings. The van der Waals surface area contributed by atoms with Crippen LogP contribution in [0.25, 0.3) is 17.2 Å². The highest BCUT2D eigenvalue weighted by Crippen LogP contribution is 2.37. The zero-order chi connectivity index (χ0) is 47.7. The number of piperazine rings is 2. The summed E-state index contributed by atoms with van der Waals surface area (Å²) in [6.07, 6.45) is 7.01. The van der Waals surface area contributed by atoms with Gasteiger partial charge in [0.25, 0.3) is 0 Å². The first-order chi connectivity index (χ1) is 31.3. The number of nitrogens with one attached hydrogen (secondary N) is 3. The average molecular weight is 928 g/mol. The predicted molar refractivity (Wildman–Crippen MR) is 265 cm³/mol. The number of benzene rings is 2. The summed E-state index contributed by atoms with van der Waals surface area (Å²) >= 11 is 0. The second kappa shape index (κ2) is 19.9. The van der Waals surface area contributed by atoms with Gasteiger partial charge in [-0.25, -0.2) is 13.2 Å². The molecule has 356 valence electrons. The van der Waals surface area contributed by atoms with Crippen LogP contribution in [0.1, 0.15) is 74.4 Å². The van der Waals surface area contributed by atoms with Crippen LogP contribution >= 0.6 is 0 Å². The molecule has 0 spiro atoms. The zero-order valence-electron chi connectivity index (χ0n) is 39.5. The second-order valence-electron chi connectivity index (χ2n) is 18.5. The molecule has 4 saturated heterocycles. The highest BCUT2D eigenvalue weighted by Gasteiger charge is 2.45. The van der Waals surface area contributed by atoms with Crippen molar-refractivity contribution in [3.63, 3.8) is 0 Å². The molecule has 3 N–H and O–H groups in total. The number of anilines is 2. The first kappa shape index (κ1) is 48.7. The van der Waals surface area contributed by atoms with E-state index >= 15 is 13.2 Å². The Kier molecular flexibility index (Phi) is 14.7. The van der Waals surface area contributed by atoms with E-state index in [1.165, 1.54) is 7.05 Å². The van der Waals surface area contributed by atoms with Gasteiger partial charge in [-0.2, -0.15) is 12.7 Å². The summed E-state index contributed by atoms with van der Waals surface area (Å²) in [4.78, 5) is 14.7. The largest absolute Gasteiger partial charge is 0.371 e. The number of nitrogens with zero attached hydrogens (tertiary/aromatic N) is 6. The van der Waals surface area contributed by atoms with Crippen molar-refractivity contribution in [2.45, 2.75) is 71.1 Å². The number of likely N-dealkylation sites (tertiary alicyclic amines) is 1. The van der Waals surface area contributed by atoms with Crippen molar-refractivity contribution >= 4 is 38.8 Å². The van der Waals surface area contributed by atoms with E-state index in [0.717, 1.165) is 132 Å². The molecule has 3 atom stereocenters. The van der Waals surface area contributed by atoms with E-state index in [9.17, 15) is 8.42 Å². The smallest absolute Gasteiger partial charge is 0.301 e. The van der Waals surface area contributed by atoms with Crippen LogP contribution in [-0.4, -0.2) is 134 Å². The minimum atomic E-state index is -4.05. The van der Waals surface area contributed by atoms with Crippen molar-refractivity contribution < 1.29 is 21.6 Å². The van der Waals surface area contributed by atoms with Crippen LogP contribution in [0.15, 0.2) is 98.3 Å². The molecule has 0 amide bonds. The van der Waals surface area contributed by atoms with E-state index in [0.29, 0.717) is 31.6 Å². The Bertz CT molecular complexity index is 2490. The summed E-state index contributed by atoms with van der Waals surface area (Å²) in [5.41, 5.74) is 7.16. The first-order valence-electron chi connectivity index (χ1n) is 23.1. The highest BCUT2D eigenvalue weighted by atomic mass is 32.2. The van der Waals surface area contributed by atoms with Crippen LogP contribution in [0.4, 0.5) is 24.5 Å². The monoisotopic (exact) mass is 928 g/mol. The maximum Gasteiger partial charge on any atom is 0.301 e. The Balaban J connectivity index is 0.930. The zero-order valence-corrected chi connectivity index (χ0v) is 40.3. The number of alkyl halides is 1. The molecule has 5 heterocycles. The molecule has 3 aromatic rings. The lowest BCUT2D eigenvalue weighted by Gasteiger charge is -2.51. The third-order valence-electron chi connectivity index (χ3n) is 14.0. The fourth-order valence-electron chi connectivity index (χ4n) is 10.1. The van der Waals surface area contributed by atoms with Crippen LogP contribution in [0.3, 0.4) is 0 Å². The van der Waals surface area contributed by atoms with Gasteiger partial charge in [-0.3, -0.25) is 14.5 Å². The van der Waals surface area contributed by atoms with Gasteiger partial charge in [-0.05, 0) is 86.6 Å². The van der Waals surface area contributed by atoms with E-state index in [4.69, 9.17) is 0 Å². The van der Waals surface area contributed by atoms with E-state index in [-0.39, 0.29) is 29.9 Å². The van der Waals surface area contributed by atoms with Gasteiger partial charge < -0.3 is 25.0 Å². The third-order valence-corrected chi connectivity index (χ3v) is 15.6. The number of halogens is 3. The van der Waals surface area contributed by atoms with Gasteiger partial charge in [-0.1, -0.05) is 58.9 Å². The minimum Gasteiger partial charge on any atom is -0.371 e. The summed E-state index contributed by atoms with van der Waals surface area (Å²) in [6, 6.07) is 10.6. The maximum absolute atomic E-state index is 16.6. The lowest BCUT2D eigenvalue weighted by Crippen LogP contribution is -2.63. The van der Waals surface area contributed by atoms with E-state index in [2.05, 4.69) is 104 Å². The number of H-pyrrole nitrogens is 1. The van der Waals surface area contributed by atoms with Crippen molar-refractivity contribution in [2.75, 3.05) is 88.7 Å². The van der Waals surface area contributed by atoms with Gasteiger partial charge >= 0.3 is 10.2 Å². The summed E-state index contributed by atoms with van der Waals surface area (Å²) in [5.74, 6) is -1.89. The Labute approximate surface area is 390 Å². The van der Waals surface area contributed by atoms with E-state index < -0.39 is 33.1 Å². The van der Waals surface area contributed by atoms with Crippen LogP contribution in [0, 0.1) is 18.6 Å². The number of aromatic nitrogens is 1. The SMILES string of the molecule is C=C1CCC(N2CCN(C3CCN(CC(=C)N4CCN(c5ccc(/C(=C/c6c(C(=C)c7c(F)ccc(NS(=O)(=O)N(C)CC)c7F)c[nH]c6C)CC)cc5)CC4)CC3(C)F)CC2=C)C(=C)N1. The Morgan fingerprint density at radius 3 is 2.33 bits per heavy atom. The van der Waals surface area contributed by atoms with Crippen LogP contribution < -0.4 is 14.9 Å². The molecule has 0 radical (unpaired) electrons. The van der Waals surface area contributed by atoms with Gasteiger partial charge in [0.2, 0.25) is 0 Å². The Morgan fingerprint density at radius 1 is 0.985 bits per heavy atom. The lowest BCUT2D eigenvalue weighted by atomic mass is 9.88. The van der Waals surface area contributed by atoms with Gasteiger partial charge in [-0.15, -0.1) is 0 Å². The minimum absolute atomic E-state index is 0.0863. The van der Waals surface area contributed by atoms with Crippen molar-refractivity contribution in [3.8, 4) is 0 Å². The Morgan fingerprint density at radius 2 is 1.70 bits per heavy atom. The molecule has 4 fully saturated rings. The number of aromatic amines is 1. The fraction of sp³-hybridized carbons (Fsp3) is 0.451. The maximum atomic E-state index is 16.6. The molecule has 0 bridgehead atoms. The van der Waals surface area contributed by atoms with Gasteiger partial charge in [0.05, 0.1) is 17.3 Å². The molecule has 11 nitrogen and oxygen atoms in total. The first-order valence-corrected chi connectivity index (χ1v) is 24.6. The second-order valence-corrected chi connectivity index (χ2v) is 20.2. The van der Waals surface area contributed by atoms with Crippen LogP contribution in [0.2, 0.25) is 0 Å². The lowest BCUT2D eigenvalue weighted by molar-refractivity contribution is -0.0383. The number of hydrogen-bond donors (Lipinski definition) is 3. The normalized spacial score (nSPS) is 22.8. The molecule has 15 heteroatoms. The Hall–Kier alpha value is -5.22. The van der Waals surface area contributed by atoms with E-state index in [1.54, 1.807) is 20.0 Å². The molecule has 0 aliphatic carbocycles. The summed E-state index contributed by atoms with van der Waals surface area (Å²) in [6.45, 7) is 36.2. The summed E-state index contributed by atoms with van der Waals surface area (Å²) in [7, 11) is -2.68. The number of piperidine rings is 2. The predicted octanol–water partition coefficient (Wildman–Crippen LogP) is 8.57. The quantitative estimate of drug-likeness (QED) is 0.140. The molecule has 66 heavy (non-hydrogen) atoms. The number of rotatable bonds is 15. The number of hydrogen-bond acceptors (Lipinski definition) is 8. The highest BCUT2D eigenvalue weighted by molar-refractivity contribution is 7.90. The van der Waals surface area contributed by atoms with E-state index in [1.807, 2.05) is 13.0 Å². The third kappa shape index (κ3) is 10.3. The van der Waals surface area contributed by atoms with Crippen molar-refractivity contribution in [2.24, 2.45) is 0 Å². The van der Waals surface area contributed by atoms with Gasteiger partial charge in [0.1, 0.15) is 11.5 Å². The van der Waals surface area contributed by atoms with Gasteiger partial charge in [0.15, 0.2) is 5.82 Å². The average Bonchev–Trinajstić information content (AvgIpc) is 3.65. The standard InChI is InChI=1S/C51H68F3N9O2S/c1-11-40(29-43-38(7)55-30-44(43)37(6)49-45(52)18-19-46(50(49)53)57-66(64,65)58(10)12-2)41-14-16-42(17-15-41)61-25-23-60(24-26-61)35(4)31-59-22-21-48(51(9,54)33-59)62-27-28-63(36(5)32-62)47-20-13-34(3)56-39(47)8/h14-19,29-30,47-48,55-57H,3-6,8,11-13,20-28,31-33H2,1-2,7,9-10H3/b40-29+. The molecular weight excluding hydrogens is 860 g/mol. The molecule has 7 rings (SSSR count). The van der Waals surface area contributed by atoms with Crippen molar-refractivity contribution in [1.82, 2.24) is 34.2 Å². The molecule has 2 aromatic carbocycles. The number of allylic oxidation sites excluding steroid dienone is 2. The van der Waals surface area contributed by atoms with Crippen molar-refractivity contribution in [3.05, 3.63) is 138 Å². The molecule has 1 aromatic heterocycles. The fourth-order valence-corrected chi connectivity index (χ4v) is 11.0. The molecule has 4 aliphatic heterocycles. The topological polar surface area (TPSA) is 93.4 Å². The van der Waals surface area contributed by atoms with Crippen LogP contribution in [-0.2, 0) is 10.2 Å². The number of aryl methyl sites for hydroxylation is 1. The molecule has 3 unspecified atom stereocenters. The molecular formula is C51H68F3N9O2S. The molecule has 0 saturated carbocycles. The van der Waals surface area contributed by atoms with Gasteiger partial charge in [0, 0.05) is 137 Å².